The Morgan fingerprint density at radius 3 is 2.67 bits per heavy atom. The molecule has 0 radical (unpaired) electrons. The molecule has 0 saturated carbocycles. The monoisotopic (exact) mass is 329 g/mol. The minimum absolute atomic E-state index is 0.147. The van der Waals surface area contributed by atoms with Crippen molar-refractivity contribution in [3.05, 3.63) is 51.5 Å². The maximum atomic E-state index is 12.4. The van der Waals surface area contributed by atoms with Crippen LogP contribution in [0.3, 0.4) is 0 Å². The van der Waals surface area contributed by atoms with Crippen molar-refractivity contribution in [1.29, 1.82) is 0 Å². The summed E-state index contributed by atoms with van der Waals surface area (Å²) >= 11 is 0. The van der Waals surface area contributed by atoms with Gasteiger partial charge in [0.05, 0.1) is 5.56 Å². The van der Waals surface area contributed by atoms with E-state index in [4.69, 9.17) is 4.42 Å². The number of aromatic hydroxyl groups is 1. The van der Waals surface area contributed by atoms with Crippen LogP contribution in [0.15, 0.2) is 33.6 Å². The van der Waals surface area contributed by atoms with E-state index in [0.717, 1.165) is 24.8 Å². The van der Waals surface area contributed by atoms with Gasteiger partial charge in [-0.25, -0.2) is 4.79 Å². The van der Waals surface area contributed by atoms with Crippen molar-refractivity contribution in [3.8, 4) is 5.75 Å². The molecule has 1 N–H and O–H groups in total. The van der Waals surface area contributed by atoms with Crippen molar-refractivity contribution in [2.45, 2.75) is 33.1 Å². The lowest BCUT2D eigenvalue weighted by Gasteiger charge is -2.11. The number of phenols is 1. The minimum Gasteiger partial charge on any atom is -0.507 e. The third-order valence-corrected chi connectivity index (χ3v) is 3.91. The number of rotatable bonds is 6. The summed E-state index contributed by atoms with van der Waals surface area (Å²) in [5.41, 5.74) is 1.37. The molecule has 128 valence electrons. The smallest absolute Gasteiger partial charge is 0.336 e. The molecule has 0 saturated heterocycles. The SMILES string of the molecule is CCCCc1cc(=O)oc2c(C)c(O)c(C(=O)/C=C/N(C)C)cc12. The number of unbranched alkanes of at least 4 members (excludes halogenated alkanes) is 1. The predicted octanol–water partition coefficient (Wildman–Crippen LogP) is 3.41. The molecule has 2 rings (SSSR count). The molecule has 0 aliphatic heterocycles. The quantitative estimate of drug-likeness (QED) is 0.499. The highest BCUT2D eigenvalue weighted by molar-refractivity contribution is 6.09. The number of hydrogen-bond acceptors (Lipinski definition) is 5. The summed E-state index contributed by atoms with van der Waals surface area (Å²) in [5.74, 6) is -0.439. The van der Waals surface area contributed by atoms with E-state index < -0.39 is 5.63 Å². The van der Waals surface area contributed by atoms with Crippen molar-refractivity contribution in [1.82, 2.24) is 4.90 Å². The van der Waals surface area contributed by atoms with Crippen LogP contribution in [-0.2, 0) is 6.42 Å². The van der Waals surface area contributed by atoms with E-state index >= 15 is 0 Å². The number of benzene rings is 1. The molecule has 0 amide bonds. The van der Waals surface area contributed by atoms with Gasteiger partial charge >= 0.3 is 5.63 Å². The summed E-state index contributed by atoms with van der Waals surface area (Å²) in [7, 11) is 3.62. The zero-order valence-electron chi connectivity index (χ0n) is 14.5. The van der Waals surface area contributed by atoms with Gasteiger partial charge in [0.1, 0.15) is 11.3 Å². The lowest BCUT2D eigenvalue weighted by molar-refractivity contribution is 0.104. The average molecular weight is 329 g/mol. The second kappa shape index (κ2) is 7.34. The molecule has 0 fully saturated rings. The third kappa shape index (κ3) is 3.67. The molecule has 0 spiro atoms. The number of nitrogens with zero attached hydrogens (tertiary/aromatic N) is 1. The summed E-state index contributed by atoms with van der Waals surface area (Å²) < 4.78 is 5.27. The first-order chi connectivity index (χ1) is 11.3. The first kappa shape index (κ1) is 17.8. The van der Waals surface area contributed by atoms with Crippen molar-refractivity contribution in [2.24, 2.45) is 0 Å². The highest BCUT2D eigenvalue weighted by Gasteiger charge is 2.18. The first-order valence-electron chi connectivity index (χ1n) is 8.03. The minimum atomic E-state index is -0.442. The molecule has 5 nitrogen and oxygen atoms in total. The molecule has 0 aliphatic rings. The Balaban J connectivity index is 2.66. The van der Waals surface area contributed by atoms with Gasteiger partial charge in [-0.15, -0.1) is 0 Å². The number of ketones is 1. The zero-order valence-corrected chi connectivity index (χ0v) is 14.5. The Morgan fingerprint density at radius 2 is 2.04 bits per heavy atom. The molecule has 0 atom stereocenters. The van der Waals surface area contributed by atoms with Crippen LogP contribution in [0.5, 0.6) is 5.75 Å². The standard InChI is InChI=1S/C19H23NO4/c1-5-6-7-13-10-17(22)24-19-12(2)18(23)15(11-14(13)19)16(21)8-9-20(3)4/h8-11,23H,5-7H2,1-4H3/b9-8+. The van der Waals surface area contributed by atoms with Crippen molar-refractivity contribution in [3.63, 3.8) is 0 Å². The van der Waals surface area contributed by atoms with Crippen LogP contribution < -0.4 is 5.63 Å². The number of fused-ring (bicyclic) bond motifs is 1. The summed E-state index contributed by atoms with van der Waals surface area (Å²) in [4.78, 5) is 25.9. The number of aryl methyl sites for hydroxylation is 2. The predicted molar refractivity (Wildman–Crippen MR) is 94.7 cm³/mol. The van der Waals surface area contributed by atoms with E-state index in [-0.39, 0.29) is 17.1 Å². The van der Waals surface area contributed by atoms with E-state index in [1.54, 1.807) is 24.1 Å². The van der Waals surface area contributed by atoms with Crippen LogP contribution in [0.2, 0.25) is 0 Å². The Kier molecular flexibility index (Phi) is 5.44. The molecular formula is C19H23NO4. The lowest BCUT2D eigenvalue weighted by Crippen LogP contribution is -2.06. The molecule has 1 aromatic carbocycles. The average Bonchev–Trinajstić information content (AvgIpc) is 2.54. The maximum Gasteiger partial charge on any atom is 0.336 e. The van der Waals surface area contributed by atoms with Crippen LogP contribution in [0.25, 0.3) is 11.0 Å². The van der Waals surface area contributed by atoms with Crippen LogP contribution >= 0.6 is 0 Å². The third-order valence-electron chi connectivity index (χ3n) is 3.91. The van der Waals surface area contributed by atoms with Gasteiger partial charge < -0.3 is 14.4 Å². The molecule has 2 aromatic rings. The maximum absolute atomic E-state index is 12.4. The van der Waals surface area contributed by atoms with Crippen LogP contribution in [-0.4, -0.2) is 29.9 Å². The Bertz CT molecular complexity index is 847. The molecule has 1 aromatic heterocycles. The molecule has 0 aliphatic carbocycles. The van der Waals surface area contributed by atoms with Crippen molar-refractivity contribution < 1.29 is 14.3 Å². The van der Waals surface area contributed by atoms with E-state index in [9.17, 15) is 14.7 Å². The fraction of sp³-hybridized carbons (Fsp3) is 0.368. The van der Waals surface area contributed by atoms with Gasteiger partial charge in [0.15, 0.2) is 5.78 Å². The first-order valence-corrected chi connectivity index (χ1v) is 8.03. The van der Waals surface area contributed by atoms with Crippen LogP contribution in [0.4, 0.5) is 0 Å². The molecule has 0 unspecified atom stereocenters. The number of hydrogen-bond donors (Lipinski definition) is 1. The molecular weight excluding hydrogens is 306 g/mol. The Hall–Kier alpha value is -2.56. The van der Waals surface area contributed by atoms with Gasteiger partial charge in [0.2, 0.25) is 0 Å². The Labute approximate surface area is 141 Å². The van der Waals surface area contributed by atoms with E-state index in [1.165, 1.54) is 12.1 Å². The van der Waals surface area contributed by atoms with Gasteiger partial charge in [-0.05, 0) is 31.4 Å². The van der Waals surface area contributed by atoms with Crippen LogP contribution in [0.1, 0.15) is 41.3 Å². The van der Waals surface area contributed by atoms with Gasteiger partial charge in [-0.3, -0.25) is 4.79 Å². The second-order valence-electron chi connectivity index (χ2n) is 6.11. The molecule has 24 heavy (non-hydrogen) atoms. The fourth-order valence-electron chi connectivity index (χ4n) is 2.58. The van der Waals surface area contributed by atoms with Crippen molar-refractivity contribution in [2.75, 3.05) is 14.1 Å². The van der Waals surface area contributed by atoms with Gasteiger partial charge in [0.25, 0.3) is 0 Å². The van der Waals surface area contributed by atoms with Gasteiger partial charge in [-0.2, -0.15) is 0 Å². The van der Waals surface area contributed by atoms with Gasteiger partial charge in [0, 0.05) is 43.4 Å². The van der Waals surface area contributed by atoms with E-state index in [0.29, 0.717) is 16.5 Å². The summed E-state index contributed by atoms with van der Waals surface area (Å²) in [6, 6.07) is 3.09. The van der Waals surface area contributed by atoms with E-state index in [1.807, 2.05) is 14.1 Å². The highest BCUT2D eigenvalue weighted by atomic mass is 16.4. The number of allylic oxidation sites excluding steroid dienone is 1. The summed E-state index contributed by atoms with van der Waals surface area (Å²) in [6.07, 6.45) is 5.69. The number of carbonyl (C=O) groups is 1. The normalized spacial score (nSPS) is 11.3. The van der Waals surface area contributed by atoms with Crippen molar-refractivity contribution >= 4 is 16.8 Å². The summed E-state index contributed by atoms with van der Waals surface area (Å²) in [6.45, 7) is 3.72. The molecule has 0 bridgehead atoms. The van der Waals surface area contributed by atoms with Gasteiger partial charge in [-0.1, -0.05) is 13.3 Å². The Morgan fingerprint density at radius 1 is 1.33 bits per heavy atom. The lowest BCUT2D eigenvalue weighted by atomic mass is 9.97. The molecule has 1 heterocycles. The largest absolute Gasteiger partial charge is 0.507 e. The highest BCUT2D eigenvalue weighted by Crippen LogP contribution is 2.32. The fourth-order valence-corrected chi connectivity index (χ4v) is 2.58. The van der Waals surface area contributed by atoms with Crippen LogP contribution in [0, 0.1) is 6.92 Å². The second-order valence-corrected chi connectivity index (χ2v) is 6.11. The topological polar surface area (TPSA) is 70.7 Å². The zero-order chi connectivity index (χ0) is 17.9. The summed E-state index contributed by atoms with van der Waals surface area (Å²) in [5, 5.41) is 11.1. The van der Waals surface area contributed by atoms with E-state index in [2.05, 4.69) is 6.92 Å². The molecule has 5 heteroatoms. The number of phenolic OH excluding ortho intramolecular Hbond substituents is 1. The number of carbonyl (C=O) groups excluding carboxylic acids is 1.